The number of nitrogens with zero attached hydrogens (tertiary/aromatic N) is 1. The number of oxazole rings is 1. The van der Waals surface area contributed by atoms with Crippen LogP contribution in [0.2, 0.25) is 5.02 Å². The zero-order valence-electron chi connectivity index (χ0n) is 9.74. The Kier molecular flexibility index (Phi) is 4.49. The molecule has 1 heterocycles. The summed E-state index contributed by atoms with van der Waals surface area (Å²) in [6, 6.07) is 3.61. The highest BCUT2D eigenvalue weighted by molar-refractivity contribution is 9.10. The third kappa shape index (κ3) is 3.17. The summed E-state index contributed by atoms with van der Waals surface area (Å²) in [7, 11) is 0. The Hall–Kier alpha value is -1.20. The maximum Gasteiger partial charge on any atom is 0.180 e. The molecule has 1 aromatic carbocycles. The van der Waals surface area contributed by atoms with E-state index in [1.807, 2.05) is 13.0 Å². The van der Waals surface area contributed by atoms with E-state index < -0.39 is 0 Å². The maximum atomic E-state index is 6.02. The van der Waals surface area contributed by atoms with Gasteiger partial charge in [0.15, 0.2) is 12.1 Å². The lowest BCUT2D eigenvalue weighted by molar-refractivity contribution is 0.339. The topological polar surface area (TPSA) is 47.3 Å². The molecule has 4 nitrogen and oxygen atoms in total. The number of hydrogen-bond donors (Lipinski definition) is 1. The molecule has 0 aliphatic rings. The predicted molar refractivity (Wildman–Crippen MR) is 74.2 cm³/mol. The molecule has 2 rings (SSSR count). The van der Waals surface area contributed by atoms with Gasteiger partial charge in [-0.2, -0.15) is 0 Å². The van der Waals surface area contributed by atoms with E-state index >= 15 is 0 Å². The minimum Gasteiger partial charge on any atom is -0.491 e. The molecule has 2 aromatic rings. The third-order valence-electron chi connectivity index (χ3n) is 2.23. The van der Waals surface area contributed by atoms with Crippen LogP contribution < -0.4 is 10.1 Å². The van der Waals surface area contributed by atoms with Gasteiger partial charge in [0.05, 0.1) is 29.5 Å². The minimum absolute atomic E-state index is 0.521. The number of nitrogens with one attached hydrogen (secondary N) is 1. The lowest BCUT2D eigenvalue weighted by Gasteiger charge is -2.13. The molecule has 0 saturated carbocycles. The highest BCUT2D eigenvalue weighted by Gasteiger charge is 2.10. The molecule has 1 aromatic heterocycles. The molecule has 96 valence electrons. The van der Waals surface area contributed by atoms with E-state index in [9.17, 15) is 0 Å². The van der Waals surface area contributed by atoms with Crippen LogP contribution in [0.3, 0.4) is 0 Å². The van der Waals surface area contributed by atoms with Crippen molar-refractivity contribution < 1.29 is 9.15 Å². The first-order valence-electron chi connectivity index (χ1n) is 5.43. The van der Waals surface area contributed by atoms with Crippen LogP contribution >= 0.6 is 27.5 Å². The van der Waals surface area contributed by atoms with Crippen molar-refractivity contribution >= 4 is 33.2 Å². The smallest absolute Gasteiger partial charge is 0.180 e. The Labute approximate surface area is 118 Å². The van der Waals surface area contributed by atoms with Crippen molar-refractivity contribution in [2.45, 2.75) is 13.5 Å². The highest BCUT2D eigenvalue weighted by atomic mass is 79.9. The Balaban J connectivity index is 2.19. The van der Waals surface area contributed by atoms with Crippen molar-refractivity contribution in [3.05, 3.63) is 40.0 Å². The van der Waals surface area contributed by atoms with Crippen molar-refractivity contribution in [3.63, 3.8) is 0 Å². The minimum atomic E-state index is 0.521. The molecule has 6 heteroatoms. The fourth-order valence-electron chi connectivity index (χ4n) is 1.49. The first-order chi connectivity index (χ1) is 8.70. The molecule has 0 unspecified atom stereocenters. The maximum absolute atomic E-state index is 6.02. The normalized spacial score (nSPS) is 10.4. The van der Waals surface area contributed by atoms with Gasteiger partial charge in [-0.05, 0) is 35.0 Å². The second-order valence-corrected chi connectivity index (χ2v) is 4.81. The number of anilines is 1. The number of hydrogen-bond acceptors (Lipinski definition) is 4. The van der Waals surface area contributed by atoms with Crippen LogP contribution in [-0.2, 0) is 6.54 Å². The fourth-order valence-corrected chi connectivity index (χ4v) is 2.42. The second kappa shape index (κ2) is 6.11. The van der Waals surface area contributed by atoms with Crippen molar-refractivity contribution in [1.29, 1.82) is 0 Å². The predicted octanol–water partition coefficient (Wildman–Crippen LogP) is 4.10. The van der Waals surface area contributed by atoms with Crippen LogP contribution in [0, 0.1) is 0 Å². The number of rotatable bonds is 5. The lowest BCUT2D eigenvalue weighted by atomic mass is 10.3. The van der Waals surface area contributed by atoms with Gasteiger partial charge in [0.2, 0.25) is 0 Å². The van der Waals surface area contributed by atoms with Gasteiger partial charge >= 0.3 is 0 Å². The summed E-state index contributed by atoms with van der Waals surface area (Å²) in [6.07, 6.45) is 3.06. The summed E-state index contributed by atoms with van der Waals surface area (Å²) < 4.78 is 11.6. The number of aromatic nitrogens is 1. The lowest BCUT2D eigenvalue weighted by Crippen LogP contribution is -2.03. The van der Waals surface area contributed by atoms with E-state index in [0.717, 1.165) is 21.7 Å². The molecule has 0 amide bonds. The number of ether oxygens (including phenoxy) is 1. The van der Waals surface area contributed by atoms with Crippen LogP contribution in [0.15, 0.2) is 33.6 Å². The molecule has 0 saturated heterocycles. The van der Waals surface area contributed by atoms with Crippen LogP contribution in [0.25, 0.3) is 0 Å². The van der Waals surface area contributed by atoms with Crippen molar-refractivity contribution in [2.75, 3.05) is 11.9 Å². The van der Waals surface area contributed by atoms with E-state index in [-0.39, 0.29) is 0 Å². The molecular formula is C12H12BrClN2O2. The summed E-state index contributed by atoms with van der Waals surface area (Å²) in [5.41, 5.74) is 0.813. The van der Waals surface area contributed by atoms with Crippen LogP contribution in [0.4, 0.5) is 5.69 Å². The van der Waals surface area contributed by atoms with Gasteiger partial charge in [0.1, 0.15) is 5.76 Å². The Morgan fingerprint density at radius 1 is 1.50 bits per heavy atom. The summed E-state index contributed by atoms with van der Waals surface area (Å²) in [5.74, 6) is 1.48. The first kappa shape index (κ1) is 13.2. The van der Waals surface area contributed by atoms with Gasteiger partial charge in [-0.15, -0.1) is 0 Å². The molecular weight excluding hydrogens is 320 g/mol. The Morgan fingerprint density at radius 2 is 2.33 bits per heavy atom. The van der Waals surface area contributed by atoms with Crippen molar-refractivity contribution in [3.8, 4) is 5.75 Å². The van der Waals surface area contributed by atoms with E-state index in [2.05, 4.69) is 26.2 Å². The molecule has 0 spiro atoms. The second-order valence-electron chi connectivity index (χ2n) is 3.52. The summed E-state index contributed by atoms with van der Waals surface area (Å²) in [5, 5.41) is 3.84. The van der Waals surface area contributed by atoms with Gasteiger partial charge in [-0.1, -0.05) is 11.6 Å². The molecule has 0 aliphatic carbocycles. The van der Waals surface area contributed by atoms with Gasteiger partial charge in [0.25, 0.3) is 0 Å². The summed E-state index contributed by atoms with van der Waals surface area (Å²) in [4.78, 5) is 3.86. The van der Waals surface area contributed by atoms with Crippen LogP contribution in [0.1, 0.15) is 12.7 Å². The SMILES string of the molecule is CCOc1c(Br)cc(Cl)cc1NCc1cnco1. The van der Waals surface area contributed by atoms with Crippen LogP contribution in [-0.4, -0.2) is 11.6 Å². The quantitative estimate of drug-likeness (QED) is 0.896. The highest BCUT2D eigenvalue weighted by Crippen LogP contribution is 2.36. The number of benzene rings is 1. The zero-order valence-corrected chi connectivity index (χ0v) is 12.1. The average molecular weight is 332 g/mol. The zero-order chi connectivity index (χ0) is 13.0. The molecule has 0 radical (unpaired) electrons. The fraction of sp³-hybridized carbons (Fsp3) is 0.250. The van der Waals surface area contributed by atoms with Crippen molar-refractivity contribution in [1.82, 2.24) is 4.98 Å². The molecule has 0 atom stereocenters. The van der Waals surface area contributed by atoms with E-state index in [4.69, 9.17) is 20.8 Å². The Morgan fingerprint density at radius 3 is 3.00 bits per heavy atom. The van der Waals surface area contributed by atoms with Crippen LogP contribution in [0.5, 0.6) is 5.75 Å². The monoisotopic (exact) mass is 330 g/mol. The van der Waals surface area contributed by atoms with Crippen molar-refractivity contribution in [2.24, 2.45) is 0 Å². The largest absolute Gasteiger partial charge is 0.491 e. The molecule has 1 N–H and O–H groups in total. The molecule has 0 bridgehead atoms. The first-order valence-corrected chi connectivity index (χ1v) is 6.61. The average Bonchev–Trinajstić information content (AvgIpc) is 2.83. The van der Waals surface area contributed by atoms with E-state index in [0.29, 0.717) is 18.2 Å². The molecule has 0 aliphatic heterocycles. The van der Waals surface area contributed by atoms with E-state index in [1.54, 1.807) is 12.3 Å². The number of halogens is 2. The van der Waals surface area contributed by atoms with Gasteiger partial charge in [-0.3, -0.25) is 0 Å². The third-order valence-corrected chi connectivity index (χ3v) is 3.04. The van der Waals surface area contributed by atoms with Gasteiger partial charge < -0.3 is 14.5 Å². The van der Waals surface area contributed by atoms with E-state index in [1.165, 1.54) is 6.39 Å². The molecule has 0 fully saturated rings. The standard InChI is InChI=1S/C12H12BrClN2O2/c1-2-17-12-10(13)3-8(14)4-11(12)16-6-9-5-15-7-18-9/h3-5,7,16H,2,6H2,1H3. The summed E-state index contributed by atoms with van der Waals surface area (Å²) >= 11 is 9.45. The molecule has 18 heavy (non-hydrogen) atoms. The van der Waals surface area contributed by atoms with Gasteiger partial charge in [-0.25, -0.2) is 4.98 Å². The Bertz CT molecular complexity index is 517. The van der Waals surface area contributed by atoms with Gasteiger partial charge in [0, 0.05) is 5.02 Å². The summed E-state index contributed by atoms with van der Waals surface area (Å²) in [6.45, 7) is 3.03.